The summed E-state index contributed by atoms with van der Waals surface area (Å²) in [5.41, 5.74) is 0.609. The van der Waals surface area contributed by atoms with E-state index in [2.05, 4.69) is 15.9 Å². The van der Waals surface area contributed by atoms with Crippen LogP contribution in [-0.2, 0) is 14.3 Å². The minimum Gasteiger partial charge on any atom is -0.481 e. The highest BCUT2D eigenvalue weighted by Gasteiger charge is 2.34. The number of hydrogen-bond donors (Lipinski definition) is 1. The average molecular weight is 458 g/mol. The lowest BCUT2D eigenvalue weighted by Gasteiger charge is -2.18. The van der Waals surface area contributed by atoms with Crippen molar-refractivity contribution in [3.05, 3.63) is 33.1 Å². The molecule has 3 rings (SSSR count). The number of ether oxygens (including phenoxy) is 2. The topological polar surface area (TPSA) is 76.1 Å². The van der Waals surface area contributed by atoms with E-state index >= 15 is 0 Å². The van der Waals surface area contributed by atoms with Crippen LogP contribution in [0, 0.1) is 0 Å². The maximum atomic E-state index is 12.7. The van der Waals surface area contributed by atoms with E-state index in [0.29, 0.717) is 27.1 Å². The molecule has 2 aliphatic heterocycles. The highest BCUT2D eigenvalue weighted by atomic mass is 79.9. The summed E-state index contributed by atoms with van der Waals surface area (Å²) < 4.78 is 12.2. The molecule has 26 heavy (non-hydrogen) atoms. The molecule has 138 valence electrons. The predicted octanol–water partition coefficient (Wildman–Crippen LogP) is 3.29. The number of carbonyl (C=O) groups excluding carboxylic acids is 1. The molecule has 6 nitrogen and oxygen atoms in total. The zero-order valence-electron chi connectivity index (χ0n) is 13.6. The molecule has 1 amide bonds. The molecular formula is C17H16BrNO5S2. The fourth-order valence-corrected chi connectivity index (χ4v) is 4.34. The van der Waals surface area contributed by atoms with Crippen LogP contribution in [0.5, 0.6) is 5.75 Å². The maximum absolute atomic E-state index is 12.7. The van der Waals surface area contributed by atoms with Crippen LogP contribution in [0.2, 0.25) is 0 Å². The zero-order valence-corrected chi connectivity index (χ0v) is 16.9. The Labute approximate surface area is 168 Å². The van der Waals surface area contributed by atoms with Gasteiger partial charge in [-0.3, -0.25) is 9.69 Å². The number of amides is 1. The molecular weight excluding hydrogens is 442 g/mol. The van der Waals surface area contributed by atoms with Gasteiger partial charge >= 0.3 is 5.97 Å². The third-order valence-corrected chi connectivity index (χ3v) is 5.76. The quantitative estimate of drug-likeness (QED) is 0.518. The molecule has 1 aromatic rings. The van der Waals surface area contributed by atoms with Crippen molar-refractivity contribution in [3.8, 4) is 5.75 Å². The molecule has 1 atom stereocenters. The molecule has 1 N–H and O–H groups in total. The fourth-order valence-electron chi connectivity index (χ4n) is 2.69. The minimum atomic E-state index is -1.07. The molecule has 9 heteroatoms. The maximum Gasteiger partial charge on any atom is 0.341 e. The van der Waals surface area contributed by atoms with E-state index in [4.69, 9.17) is 26.8 Å². The van der Waals surface area contributed by atoms with Gasteiger partial charge in [-0.25, -0.2) is 4.79 Å². The van der Waals surface area contributed by atoms with Crippen LogP contribution >= 0.6 is 39.9 Å². The van der Waals surface area contributed by atoms with E-state index in [-0.39, 0.29) is 12.0 Å². The second-order valence-electron chi connectivity index (χ2n) is 5.79. The van der Waals surface area contributed by atoms with Crippen molar-refractivity contribution in [1.29, 1.82) is 0 Å². The lowest BCUT2D eigenvalue weighted by Crippen LogP contribution is -2.35. The normalized spacial score (nSPS) is 21.7. The van der Waals surface area contributed by atoms with Gasteiger partial charge in [0, 0.05) is 16.6 Å². The lowest BCUT2D eigenvalue weighted by molar-refractivity contribution is -0.139. The highest BCUT2D eigenvalue weighted by Crippen LogP contribution is 2.35. The third kappa shape index (κ3) is 4.64. The second-order valence-corrected chi connectivity index (χ2v) is 8.38. The van der Waals surface area contributed by atoms with Gasteiger partial charge in [0.15, 0.2) is 6.61 Å². The SMILES string of the molecule is O=C(O)COc1ccc(Br)cc1/C=C1\SC(=S)N(C[C@H]2CCCO2)C1=O. The molecule has 0 aromatic heterocycles. The van der Waals surface area contributed by atoms with Crippen LogP contribution in [0.15, 0.2) is 27.6 Å². The monoisotopic (exact) mass is 457 g/mol. The number of carbonyl (C=O) groups is 2. The van der Waals surface area contributed by atoms with Crippen molar-refractivity contribution >= 4 is 62.2 Å². The number of hydrogen-bond acceptors (Lipinski definition) is 6. The van der Waals surface area contributed by atoms with E-state index in [9.17, 15) is 9.59 Å². The first-order valence-electron chi connectivity index (χ1n) is 7.95. The zero-order chi connectivity index (χ0) is 18.7. The van der Waals surface area contributed by atoms with Crippen LogP contribution in [0.25, 0.3) is 6.08 Å². The van der Waals surface area contributed by atoms with Crippen LogP contribution in [-0.4, -0.2) is 52.1 Å². The molecule has 0 radical (unpaired) electrons. The van der Waals surface area contributed by atoms with E-state index in [1.54, 1.807) is 29.2 Å². The second kappa shape index (κ2) is 8.51. The molecule has 0 aliphatic carbocycles. The molecule has 0 unspecified atom stereocenters. The summed E-state index contributed by atoms with van der Waals surface area (Å²) in [6, 6.07) is 5.17. The minimum absolute atomic E-state index is 0.0252. The van der Waals surface area contributed by atoms with Crippen molar-refractivity contribution in [2.75, 3.05) is 19.8 Å². The first-order valence-corrected chi connectivity index (χ1v) is 9.97. The molecule has 0 saturated carbocycles. The van der Waals surface area contributed by atoms with Crippen molar-refractivity contribution in [2.24, 2.45) is 0 Å². The van der Waals surface area contributed by atoms with Gasteiger partial charge in [0.05, 0.1) is 17.6 Å². The van der Waals surface area contributed by atoms with Crippen molar-refractivity contribution < 1.29 is 24.2 Å². The summed E-state index contributed by atoms with van der Waals surface area (Å²) in [5.74, 6) is -0.846. The first kappa shape index (κ1) is 19.3. The number of thioether (sulfide) groups is 1. The Balaban J connectivity index is 1.80. The van der Waals surface area contributed by atoms with Crippen LogP contribution in [0.1, 0.15) is 18.4 Å². The number of halogens is 1. The van der Waals surface area contributed by atoms with Crippen molar-refractivity contribution in [1.82, 2.24) is 4.90 Å². The summed E-state index contributed by atoms with van der Waals surface area (Å²) >= 11 is 9.95. The summed E-state index contributed by atoms with van der Waals surface area (Å²) in [6.45, 7) is 0.725. The number of benzene rings is 1. The summed E-state index contributed by atoms with van der Waals surface area (Å²) in [6.07, 6.45) is 3.63. The van der Waals surface area contributed by atoms with E-state index in [1.807, 2.05) is 0 Å². The van der Waals surface area contributed by atoms with Gasteiger partial charge < -0.3 is 14.6 Å². The van der Waals surface area contributed by atoms with Crippen LogP contribution < -0.4 is 4.74 Å². The molecule has 2 heterocycles. The van der Waals surface area contributed by atoms with Gasteiger partial charge in [0.1, 0.15) is 10.1 Å². The molecule has 0 spiro atoms. The number of aliphatic carboxylic acids is 1. The molecule has 0 bridgehead atoms. The Hall–Kier alpha value is -1.42. The molecule has 1 aromatic carbocycles. The summed E-state index contributed by atoms with van der Waals surface area (Å²) in [4.78, 5) is 25.5. The molecule has 2 saturated heterocycles. The number of rotatable bonds is 6. The summed E-state index contributed by atoms with van der Waals surface area (Å²) in [7, 11) is 0. The molecule has 2 fully saturated rings. The number of nitrogens with zero attached hydrogens (tertiary/aromatic N) is 1. The van der Waals surface area contributed by atoms with Gasteiger partial charge in [-0.05, 0) is 37.1 Å². The van der Waals surface area contributed by atoms with Crippen molar-refractivity contribution in [3.63, 3.8) is 0 Å². The number of thiocarbonyl (C=S) groups is 1. The number of carboxylic acid groups (broad SMARTS) is 1. The average Bonchev–Trinajstić information content (AvgIpc) is 3.18. The highest BCUT2D eigenvalue weighted by molar-refractivity contribution is 9.10. The first-order chi connectivity index (χ1) is 12.4. The predicted molar refractivity (Wildman–Crippen MR) is 106 cm³/mol. The Morgan fingerprint density at radius 1 is 1.54 bits per heavy atom. The standard InChI is InChI=1S/C17H16BrNO5S2/c18-11-3-4-13(24-9-15(20)21)10(6-11)7-14-16(22)19(17(25)26-14)8-12-2-1-5-23-12/h3-4,6-7,12H,1-2,5,8-9H2,(H,20,21)/b14-7-/t12-/m1/s1. The van der Waals surface area contributed by atoms with Gasteiger partial charge in [0.2, 0.25) is 0 Å². The Kier molecular flexibility index (Phi) is 6.33. The van der Waals surface area contributed by atoms with Gasteiger partial charge in [-0.15, -0.1) is 0 Å². The van der Waals surface area contributed by atoms with Crippen LogP contribution in [0.3, 0.4) is 0 Å². The largest absolute Gasteiger partial charge is 0.481 e. The van der Waals surface area contributed by atoms with Gasteiger partial charge in [-0.1, -0.05) is 39.9 Å². The Bertz CT molecular complexity index is 776. The molecule has 2 aliphatic rings. The van der Waals surface area contributed by atoms with E-state index in [0.717, 1.165) is 23.9 Å². The fraction of sp³-hybridized carbons (Fsp3) is 0.353. The van der Waals surface area contributed by atoms with Gasteiger partial charge in [-0.2, -0.15) is 0 Å². The van der Waals surface area contributed by atoms with Crippen LogP contribution in [0.4, 0.5) is 0 Å². The number of carboxylic acids is 1. The van der Waals surface area contributed by atoms with E-state index < -0.39 is 12.6 Å². The summed E-state index contributed by atoms with van der Waals surface area (Å²) in [5, 5.41) is 8.81. The van der Waals surface area contributed by atoms with Crippen molar-refractivity contribution in [2.45, 2.75) is 18.9 Å². The Morgan fingerprint density at radius 2 is 2.35 bits per heavy atom. The Morgan fingerprint density at radius 3 is 3.04 bits per heavy atom. The van der Waals surface area contributed by atoms with Gasteiger partial charge in [0.25, 0.3) is 5.91 Å². The lowest BCUT2D eigenvalue weighted by atomic mass is 10.1. The van der Waals surface area contributed by atoms with E-state index in [1.165, 1.54) is 11.8 Å². The third-order valence-electron chi connectivity index (χ3n) is 3.89. The smallest absolute Gasteiger partial charge is 0.341 e.